The predicted octanol–water partition coefficient (Wildman–Crippen LogP) is 15.9. The number of thiophene rings is 6. The SMILES string of the molecule is CN(CCO)c1ccc(-c2ccc(/C=C(\C#N)c3nc4ccccc4o3)s2)s1.CN(CCO)c1ccc(-c2ccc(C=O)s2)s1.CN(CCOC(=O)NCc1ccc(COc2nccc(N)n2)cc1)c1ccc(-c2ccc(/C=C(\C#N)c3nc4ccccc4o3)s2)s1.NCc1ccc(COc2nccc(N)n2)cc1. The lowest BCUT2D eigenvalue weighted by molar-refractivity contribution is 0.112. The summed E-state index contributed by atoms with van der Waals surface area (Å²) in [5.41, 5.74) is 24.2. The normalized spacial score (nSPS) is 11.1. The third kappa shape index (κ3) is 22.3. The summed E-state index contributed by atoms with van der Waals surface area (Å²) in [5.74, 6) is 1.39. The molecule has 1 amide bonds. The average Bonchev–Trinajstić information content (AvgIpc) is 1.69. The molecule has 0 fully saturated rings. The minimum atomic E-state index is -0.481. The molecule has 554 valence electrons. The van der Waals surface area contributed by atoms with Crippen LogP contribution in [0, 0.1) is 22.7 Å². The van der Waals surface area contributed by atoms with E-state index >= 15 is 0 Å². The second-order valence-electron chi connectivity index (χ2n) is 23.6. The highest BCUT2D eigenvalue weighted by molar-refractivity contribution is 7.25. The van der Waals surface area contributed by atoms with E-state index in [0.29, 0.717) is 97.2 Å². The number of aliphatic hydroxyl groups is 2. The number of aliphatic hydroxyl groups excluding tert-OH is 2. The van der Waals surface area contributed by atoms with E-state index in [9.17, 15) is 20.1 Å². The fraction of sp³-hybridized carbons (Fsp3) is 0.165. The maximum absolute atomic E-state index is 12.3. The number of amides is 1. The molecule has 10 aromatic heterocycles. The Morgan fingerprint density at radius 2 is 0.899 bits per heavy atom. The van der Waals surface area contributed by atoms with Crippen LogP contribution in [0.25, 0.3) is 74.8 Å². The molecule has 24 nitrogen and oxygen atoms in total. The molecule has 0 radical (unpaired) electrons. The van der Waals surface area contributed by atoms with Crippen molar-refractivity contribution in [2.24, 2.45) is 5.73 Å². The van der Waals surface area contributed by atoms with Gasteiger partial charge in [-0.2, -0.15) is 20.5 Å². The van der Waals surface area contributed by atoms with E-state index in [-0.39, 0.29) is 31.8 Å². The summed E-state index contributed by atoms with van der Waals surface area (Å²) in [5, 5.41) is 43.3. The minimum absolute atomic E-state index is 0.129. The van der Waals surface area contributed by atoms with Gasteiger partial charge in [0.05, 0.1) is 39.6 Å². The maximum Gasteiger partial charge on any atom is 0.407 e. The lowest BCUT2D eigenvalue weighted by atomic mass is 10.1. The smallest absolute Gasteiger partial charge is 0.407 e. The number of nitrogens with two attached hydrogens (primary N) is 3. The number of hydrogen-bond acceptors (Lipinski definition) is 29. The van der Waals surface area contributed by atoms with Gasteiger partial charge in [-0.3, -0.25) is 4.79 Å². The van der Waals surface area contributed by atoms with E-state index in [1.165, 1.54) is 11.3 Å². The first kappa shape index (κ1) is 78.1. The number of nitrogens with zero attached hydrogens (tertiary/aromatic N) is 11. The number of para-hydroxylation sites is 4. The lowest BCUT2D eigenvalue weighted by Crippen LogP contribution is -2.28. The zero-order valence-corrected chi connectivity index (χ0v) is 64.0. The van der Waals surface area contributed by atoms with Gasteiger partial charge in [-0.1, -0.05) is 72.8 Å². The van der Waals surface area contributed by atoms with Crippen LogP contribution in [0.2, 0.25) is 0 Å². The largest absolute Gasteiger partial charge is 0.459 e. The number of benzene rings is 4. The molecule has 0 unspecified atom stereocenters. The predicted molar refractivity (Wildman–Crippen MR) is 438 cm³/mol. The quantitative estimate of drug-likeness (QED) is 0.0206. The standard InChI is InChI=1S/C34H29N7O4S2.C21H17N3O2S2.C12H14N4O.C12H13NO2S2/c1-41(16-17-43-34(42)38-20-22-6-8-23(9-7-22)21-44-33-37-15-14-30(36)40-33)31-13-12-29(47-31)28-11-10-25(46-28)18-24(19-35)32-39-26-4-2-3-5-27(26)45-32;1-24(10-11-25)20-9-8-19(28-20)18-7-6-15(27-18)12-14(13-22)21-23-16-4-2-3-5-17(16)26-21;13-7-9-1-3-10(4-2-9)8-17-12-15-6-5-11(14)16-12;1-13(6-7-14)12-5-4-11(17-12)10-3-2-9(8-15)16-10/h2-15,18H,16-17,20-21H2,1H3,(H,38,42)(H2,36,37,40);2-9,12,25H,10-11H2,1H3;1-6H,7-8,13H2,(H2,14,15,16);2-5,8,14H,6-7H2,1H3/b24-18+;14-12+;;. The van der Waals surface area contributed by atoms with Gasteiger partial charge in [0.2, 0.25) is 11.8 Å². The monoisotopic (exact) mass is 1570 g/mol. The van der Waals surface area contributed by atoms with Crippen LogP contribution in [0.15, 0.2) is 203 Å². The van der Waals surface area contributed by atoms with Crippen LogP contribution in [0.3, 0.4) is 0 Å². The van der Waals surface area contributed by atoms with Crippen molar-refractivity contribution in [3.8, 4) is 53.4 Å². The number of rotatable bonds is 27. The summed E-state index contributed by atoms with van der Waals surface area (Å²) in [4.78, 5) is 63.2. The molecule has 9 N–H and O–H groups in total. The lowest BCUT2D eigenvalue weighted by Gasteiger charge is -2.17. The number of carbonyl (C=O) groups excluding carboxylic acids is 2. The highest BCUT2D eigenvalue weighted by Crippen LogP contribution is 2.41. The second kappa shape index (κ2) is 39.1. The molecule has 10 heterocycles. The average molecular weight is 1570 g/mol. The van der Waals surface area contributed by atoms with E-state index in [1.54, 1.807) is 87.3 Å². The number of fused-ring (bicyclic) bond motifs is 2. The van der Waals surface area contributed by atoms with Gasteiger partial charge in [-0.05, 0) is 144 Å². The molecule has 14 aromatic rings. The van der Waals surface area contributed by atoms with E-state index < -0.39 is 6.09 Å². The number of alkyl carbamates (subject to hydrolysis) is 1. The molecular formula is C79H73N15O9S6. The van der Waals surface area contributed by atoms with Crippen molar-refractivity contribution < 1.29 is 42.8 Å². The number of likely N-dealkylation sites (N-methyl/N-ethyl adjacent to an activating group) is 3. The number of nitrogen functional groups attached to an aromatic ring is 2. The molecule has 30 heteroatoms. The summed E-state index contributed by atoms with van der Waals surface area (Å²) in [6, 6.07) is 62.8. The fourth-order valence-electron chi connectivity index (χ4n) is 10.0. The molecule has 0 atom stereocenters. The van der Waals surface area contributed by atoms with Crippen molar-refractivity contribution in [1.29, 1.82) is 10.5 Å². The molecule has 0 saturated carbocycles. The van der Waals surface area contributed by atoms with Gasteiger partial charge >= 0.3 is 18.1 Å². The van der Waals surface area contributed by atoms with Gasteiger partial charge in [0.25, 0.3) is 0 Å². The Morgan fingerprint density at radius 1 is 0.505 bits per heavy atom. The zero-order chi connectivity index (χ0) is 76.4. The van der Waals surface area contributed by atoms with Crippen molar-refractivity contribution >= 4 is 153 Å². The molecule has 0 aliphatic carbocycles. The number of hydrogen-bond donors (Lipinski definition) is 6. The van der Waals surface area contributed by atoms with Crippen molar-refractivity contribution in [3.05, 3.63) is 243 Å². The Labute approximate surface area is 651 Å². The molecular weight excluding hydrogens is 1500 g/mol. The number of nitriles is 2. The van der Waals surface area contributed by atoms with Crippen LogP contribution in [0.4, 0.5) is 31.4 Å². The number of anilines is 5. The molecule has 4 aromatic carbocycles. The minimum Gasteiger partial charge on any atom is -0.459 e. The zero-order valence-electron chi connectivity index (χ0n) is 59.1. The van der Waals surface area contributed by atoms with Crippen LogP contribution in [-0.2, 0) is 31.0 Å². The van der Waals surface area contributed by atoms with Crippen LogP contribution in [-0.4, -0.2) is 113 Å². The number of aldehydes is 1. The maximum atomic E-state index is 12.3. The first-order valence-electron chi connectivity index (χ1n) is 33.7. The second-order valence-corrected chi connectivity index (χ2v) is 30.1. The van der Waals surface area contributed by atoms with Gasteiger partial charge in [0, 0.05) is 98.7 Å². The Morgan fingerprint density at radius 3 is 1.30 bits per heavy atom. The van der Waals surface area contributed by atoms with Crippen molar-refractivity contribution in [2.45, 2.75) is 26.3 Å². The molecule has 0 aliphatic rings. The third-order valence-electron chi connectivity index (χ3n) is 15.8. The van der Waals surface area contributed by atoms with E-state index in [2.05, 4.69) is 71.6 Å². The molecule has 14 rings (SSSR count). The van der Waals surface area contributed by atoms with E-state index in [4.69, 9.17) is 50.5 Å². The number of nitrogens with one attached hydrogen (secondary N) is 1. The molecule has 0 bridgehead atoms. The van der Waals surface area contributed by atoms with Crippen molar-refractivity contribution in [3.63, 3.8) is 0 Å². The molecule has 0 saturated heterocycles. The Bertz CT molecular complexity index is 5390. The first-order chi connectivity index (χ1) is 53.1. The van der Waals surface area contributed by atoms with Crippen LogP contribution < -0.4 is 46.7 Å². The fourth-order valence-corrected chi connectivity index (χ4v) is 16.0. The van der Waals surface area contributed by atoms with Crippen LogP contribution in [0.1, 0.15) is 53.5 Å². The Balaban J connectivity index is 0.000000160. The summed E-state index contributed by atoms with van der Waals surface area (Å²) < 4.78 is 27.9. The number of ether oxygens (including phenoxy) is 3. The van der Waals surface area contributed by atoms with Gasteiger partial charge in [-0.25, -0.2) is 24.7 Å². The third-order valence-corrected chi connectivity index (χ3v) is 23.0. The summed E-state index contributed by atoms with van der Waals surface area (Å²) in [7, 11) is 5.88. The molecule has 0 spiro atoms. The van der Waals surface area contributed by atoms with Crippen LogP contribution >= 0.6 is 68.0 Å². The van der Waals surface area contributed by atoms with Gasteiger partial charge in [0.1, 0.15) is 65.8 Å². The number of oxazole rings is 2. The van der Waals surface area contributed by atoms with Gasteiger partial charge in [0.15, 0.2) is 17.5 Å². The highest BCUT2D eigenvalue weighted by Gasteiger charge is 2.17. The van der Waals surface area contributed by atoms with E-state index in [0.717, 1.165) is 93.0 Å². The number of aromatic nitrogens is 6. The summed E-state index contributed by atoms with van der Waals surface area (Å²) >= 11 is 9.69. The van der Waals surface area contributed by atoms with E-state index in [1.807, 2.05) is 188 Å². The van der Waals surface area contributed by atoms with Crippen molar-refractivity contribution in [2.75, 3.05) is 86.8 Å². The first-order valence-corrected chi connectivity index (χ1v) is 38.6. The van der Waals surface area contributed by atoms with Crippen molar-refractivity contribution in [1.82, 2.24) is 35.2 Å². The number of allylic oxidation sites excluding steroid dienone is 2. The molecule has 109 heavy (non-hydrogen) atoms. The Kier molecular flexibility index (Phi) is 28.0. The topological polar surface area (TPSA) is 353 Å². The number of carbonyl (C=O) groups is 2. The van der Waals surface area contributed by atoms with Crippen LogP contribution in [0.5, 0.6) is 12.0 Å². The highest BCUT2D eigenvalue weighted by atomic mass is 32.1. The summed E-state index contributed by atoms with van der Waals surface area (Å²) in [6.45, 7) is 3.88. The van der Waals surface area contributed by atoms with Gasteiger partial charge < -0.3 is 70.5 Å². The van der Waals surface area contributed by atoms with Gasteiger partial charge in [-0.15, -0.1) is 68.0 Å². The Hall–Kier alpha value is -11.9. The molecule has 0 aliphatic heterocycles. The summed E-state index contributed by atoms with van der Waals surface area (Å²) in [6.07, 6.45) is 7.11.